The molecule has 2 unspecified atom stereocenters. The van der Waals surface area contributed by atoms with Crippen molar-refractivity contribution in [3.05, 3.63) is 35.9 Å². The predicted octanol–water partition coefficient (Wildman–Crippen LogP) is 1.73. The maximum atomic E-state index is 5.73. The fourth-order valence-corrected chi connectivity index (χ4v) is 1.72. The number of hydrogen-bond acceptors (Lipinski definition) is 2. The summed E-state index contributed by atoms with van der Waals surface area (Å²) in [6, 6.07) is 10.9. The zero-order chi connectivity index (χ0) is 10.4. The normalized spacial score (nSPS) is 15.1. The second-order valence-corrected chi connectivity index (χ2v) is 3.60. The first-order valence-corrected chi connectivity index (χ1v) is 5.28. The van der Waals surface area contributed by atoms with Crippen LogP contribution in [0.1, 0.15) is 25.3 Å². The Morgan fingerprint density at radius 2 is 1.93 bits per heavy atom. The second kappa shape index (κ2) is 5.78. The number of rotatable bonds is 5. The Hall–Kier alpha value is -0.860. The first kappa shape index (κ1) is 11.2. The van der Waals surface area contributed by atoms with Crippen LogP contribution in [0.3, 0.4) is 0 Å². The van der Waals surface area contributed by atoms with Gasteiger partial charge in [0, 0.05) is 12.6 Å². The summed E-state index contributed by atoms with van der Waals surface area (Å²) in [6.45, 7) is 5.98. The van der Waals surface area contributed by atoms with E-state index in [0.717, 1.165) is 6.54 Å². The van der Waals surface area contributed by atoms with E-state index in [0.29, 0.717) is 18.5 Å². The monoisotopic (exact) mass is 192 g/mol. The van der Waals surface area contributed by atoms with Crippen LogP contribution < -0.4 is 11.1 Å². The molecule has 0 aliphatic carbocycles. The number of nitrogens with two attached hydrogens (primary N) is 1. The van der Waals surface area contributed by atoms with E-state index >= 15 is 0 Å². The minimum absolute atomic E-state index is 0.377. The fraction of sp³-hybridized carbons (Fsp3) is 0.500. The van der Waals surface area contributed by atoms with Crippen LogP contribution in [0.5, 0.6) is 0 Å². The first-order chi connectivity index (χ1) is 6.79. The molecular formula is C12H20N2. The Balaban J connectivity index is 2.67. The topological polar surface area (TPSA) is 38.0 Å². The van der Waals surface area contributed by atoms with E-state index in [1.165, 1.54) is 5.56 Å². The van der Waals surface area contributed by atoms with Crippen molar-refractivity contribution in [2.75, 3.05) is 13.1 Å². The molecule has 0 fully saturated rings. The van der Waals surface area contributed by atoms with E-state index in [9.17, 15) is 0 Å². The van der Waals surface area contributed by atoms with E-state index in [2.05, 4.69) is 43.4 Å². The lowest BCUT2D eigenvalue weighted by atomic mass is 9.93. The van der Waals surface area contributed by atoms with Crippen LogP contribution in [0.25, 0.3) is 0 Å². The van der Waals surface area contributed by atoms with Crippen molar-refractivity contribution in [2.24, 2.45) is 5.73 Å². The molecule has 0 heterocycles. The quantitative estimate of drug-likeness (QED) is 0.745. The highest BCUT2D eigenvalue weighted by Crippen LogP contribution is 2.17. The van der Waals surface area contributed by atoms with Gasteiger partial charge in [-0.3, -0.25) is 0 Å². The van der Waals surface area contributed by atoms with Gasteiger partial charge in [0.15, 0.2) is 0 Å². The molecule has 0 amide bonds. The molecule has 0 saturated heterocycles. The van der Waals surface area contributed by atoms with Crippen molar-refractivity contribution in [1.29, 1.82) is 0 Å². The largest absolute Gasteiger partial charge is 0.329 e. The summed E-state index contributed by atoms with van der Waals surface area (Å²) >= 11 is 0. The lowest BCUT2D eigenvalue weighted by Gasteiger charge is -2.23. The smallest absolute Gasteiger partial charge is 0.0256 e. The minimum Gasteiger partial charge on any atom is -0.329 e. The zero-order valence-corrected chi connectivity index (χ0v) is 9.03. The molecule has 1 rings (SSSR count). The Labute approximate surface area is 86.5 Å². The van der Waals surface area contributed by atoms with Gasteiger partial charge in [0.1, 0.15) is 0 Å². The average Bonchev–Trinajstić information content (AvgIpc) is 2.26. The van der Waals surface area contributed by atoms with Crippen LogP contribution >= 0.6 is 0 Å². The molecule has 0 spiro atoms. The Morgan fingerprint density at radius 1 is 1.29 bits per heavy atom. The summed E-state index contributed by atoms with van der Waals surface area (Å²) < 4.78 is 0. The highest BCUT2D eigenvalue weighted by molar-refractivity contribution is 5.20. The number of hydrogen-bond donors (Lipinski definition) is 2. The van der Waals surface area contributed by atoms with Crippen LogP contribution in [-0.2, 0) is 0 Å². The molecule has 0 aliphatic rings. The third-order valence-electron chi connectivity index (χ3n) is 2.65. The molecule has 0 aromatic heterocycles. The molecule has 2 heteroatoms. The zero-order valence-electron chi connectivity index (χ0n) is 9.03. The van der Waals surface area contributed by atoms with E-state index < -0.39 is 0 Å². The van der Waals surface area contributed by atoms with Gasteiger partial charge in [0.2, 0.25) is 0 Å². The molecule has 2 atom stereocenters. The molecular weight excluding hydrogens is 172 g/mol. The van der Waals surface area contributed by atoms with E-state index in [1.807, 2.05) is 6.07 Å². The summed E-state index contributed by atoms with van der Waals surface area (Å²) in [5.74, 6) is 0.473. The highest BCUT2D eigenvalue weighted by atomic mass is 14.9. The summed E-state index contributed by atoms with van der Waals surface area (Å²) in [7, 11) is 0. The van der Waals surface area contributed by atoms with Crippen molar-refractivity contribution < 1.29 is 0 Å². The predicted molar refractivity (Wildman–Crippen MR) is 61.4 cm³/mol. The maximum Gasteiger partial charge on any atom is 0.0256 e. The fourth-order valence-electron chi connectivity index (χ4n) is 1.72. The molecule has 0 radical (unpaired) electrons. The summed E-state index contributed by atoms with van der Waals surface area (Å²) in [5.41, 5.74) is 7.09. The van der Waals surface area contributed by atoms with Crippen LogP contribution in [-0.4, -0.2) is 19.1 Å². The SMILES string of the molecule is CCNC(CN)C(C)c1ccccc1. The molecule has 0 bridgehead atoms. The Kier molecular flexibility index (Phi) is 4.63. The molecule has 1 aromatic carbocycles. The minimum atomic E-state index is 0.377. The van der Waals surface area contributed by atoms with Crippen LogP contribution in [0.2, 0.25) is 0 Å². The summed E-state index contributed by atoms with van der Waals surface area (Å²) in [6.07, 6.45) is 0. The van der Waals surface area contributed by atoms with Gasteiger partial charge in [-0.15, -0.1) is 0 Å². The second-order valence-electron chi connectivity index (χ2n) is 3.60. The van der Waals surface area contributed by atoms with Gasteiger partial charge in [0.25, 0.3) is 0 Å². The molecule has 78 valence electrons. The lowest BCUT2D eigenvalue weighted by Crippen LogP contribution is -2.39. The van der Waals surface area contributed by atoms with Crippen molar-refractivity contribution >= 4 is 0 Å². The van der Waals surface area contributed by atoms with Gasteiger partial charge in [-0.2, -0.15) is 0 Å². The van der Waals surface area contributed by atoms with E-state index in [4.69, 9.17) is 5.73 Å². The molecule has 2 nitrogen and oxygen atoms in total. The van der Waals surface area contributed by atoms with Crippen LogP contribution in [0.4, 0.5) is 0 Å². The van der Waals surface area contributed by atoms with Gasteiger partial charge in [0.05, 0.1) is 0 Å². The van der Waals surface area contributed by atoms with Crippen LogP contribution in [0.15, 0.2) is 30.3 Å². The lowest BCUT2D eigenvalue weighted by molar-refractivity contribution is 0.469. The van der Waals surface area contributed by atoms with Crippen molar-refractivity contribution in [3.8, 4) is 0 Å². The summed E-state index contributed by atoms with van der Waals surface area (Å²) in [4.78, 5) is 0. The number of benzene rings is 1. The average molecular weight is 192 g/mol. The Morgan fingerprint density at radius 3 is 2.43 bits per heavy atom. The number of nitrogens with one attached hydrogen (secondary N) is 1. The van der Waals surface area contributed by atoms with Gasteiger partial charge >= 0.3 is 0 Å². The van der Waals surface area contributed by atoms with E-state index in [-0.39, 0.29) is 0 Å². The van der Waals surface area contributed by atoms with Crippen LogP contribution in [0, 0.1) is 0 Å². The van der Waals surface area contributed by atoms with Crippen molar-refractivity contribution in [2.45, 2.75) is 25.8 Å². The maximum absolute atomic E-state index is 5.73. The van der Waals surface area contributed by atoms with Gasteiger partial charge in [-0.1, -0.05) is 44.2 Å². The molecule has 0 aliphatic heterocycles. The standard InChI is InChI=1S/C12H20N2/c1-3-14-12(9-13)10(2)11-7-5-4-6-8-11/h4-8,10,12,14H,3,9,13H2,1-2H3. The molecule has 14 heavy (non-hydrogen) atoms. The van der Waals surface area contributed by atoms with Gasteiger partial charge in [-0.25, -0.2) is 0 Å². The number of likely N-dealkylation sites (N-methyl/N-ethyl adjacent to an activating group) is 1. The van der Waals surface area contributed by atoms with Gasteiger partial charge < -0.3 is 11.1 Å². The first-order valence-electron chi connectivity index (χ1n) is 5.28. The third kappa shape index (κ3) is 2.82. The third-order valence-corrected chi connectivity index (χ3v) is 2.65. The molecule has 3 N–H and O–H groups in total. The molecule has 1 aromatic rings. The summed E-state index contributed by atoms with van der Waals surface area (Å²) in [5, 5.41) is 3.41. The Bertz CT molecular complexity index is 246. The molecule has 0 saturated carbocycles. The van der Waals surface area contributed by atoms with Gasteiger partial charge in [-0.05, 0) is 18.0 Å². The highest BCUT2D eigenvalue weighted by Gasteiger charge is 2.15. The van der Waals surface area contributed by atoms with E-state index in [1.54, 1.807) is 0 Å². The van der Waals surface area contributed by atoms with Crippen molar-refractivity contribution in [1.82, 2.24) is 5.32 Å². The van der Waals surface area contributed by atoms with Crippen molar-refractivity contribution in [3.63, 3.8) is 0 Å².